The van der Waals surface area contributed by atoms with Crippen LogP contribution in [0.15, 0.2) is 6.07 Å². The Balaban J connectivity index is 2.20. The fourth-order valence-electron chi connectivity index (χ4n) is 2.13. The number of hydrogen-bond donors (Lipinski definition) is 1. The first-order chi connectivity index (χ1) is 6.22. The summed E-state index contributed by atoms with van der Waals surface area (Å²) in [6.07, 6.45) is 2.50. The molecule has 0 aliphatic heterocycles. The molecule has 3 heteroatoms. The highest BCUT2D eigenvalue weighted by atomic mass is 15.3. The van der Waals surface area contributed by atoms with Crippen molar-refractivity contribution in [2.24, 2.45) is 11.7 Å². The van der Waals surface area contributed by atoms with Gasteiger partial charge in [-0.2, -0.15) is 5.10 Å². The van der Waals surface area contributed by atoms with E-state index in [2.05, 4.69) is 22.8 Å². The summed E-state index contributed by atoms with van der Waals surface area (Å²) >= 11 is 0. The first-order valence-corrected chi connectivity index (χ1v) is 4.95. The molecule has 0 spiro atoms. The Kier molecular flexibility index (Phi) is 2.12. The summed E-state index contributed by atoms with van der Waals surface area (Å²) in [4.78, 5) is 0. The van der Waals surface area contributed by atoms with Gasteiger partial charge < -0.3 is 5.73 Å². The van der Waals surface area contributed by atoms with Crippen molar-refractivity contribution >= 4 is 0 Å². The minimum Gasteiger partial charge on any atom is -0.330 e. The highest BCUT2D eigenvalue weighted by Crippen LogP contribution is 2.37. The lowest BCUT2D eigenvalue weighted by molar-refractivity contribution is 0.171. The number of aromatic nitrogens is 2. The topological polar surface area (TPSA) is 43.8 Å². The second-order valence-electron chi connectivity index (χ2n) is 4.01. The summed E-state index contributed by atoms with van der Waals surface area (Å²) in [6, 6.07) is 2.70. The van der Waals surface area contributed by atoms with E-state index in [1.807, 2.05) is 6.92 Å². The molecule has 0 aromatic carbocycles. The minimum atomic E-state index is 0.568. The smallest absolute Gasteiger partial charge is 0.0596 e. The fourth-order valence-corrected chi connectivity index (χ4v) is 2.13. The summed E-state index contributed by atoms with van der Waals surface area (Å²) in [5, 5.41) is 4.49. The van der Waals surface area contributed by atoms with Gasteiger partial charge in [-0.3, -0.25) is 4.68 Å². The van der Waals surface area contributed by atoms with E-state index in [0.717, 1.165) is 12.2 Å². The second-order valence-corrected chi connectivity index (χ2v) is 4.01. The monoisotopic (exact) mass is 179 g/mol. The molecule has 1 aliphatic carbocycles. The molecule has 1 aliphatic rings. The predicted molar refractivity (Wildman–Crippen MR) is 52.5 cm³/mol. The van der Waals surface area contributed by atoms with Crippen LogP contribution in [-0.2, 0) is 0 Å². The molecule has 0 saturated heterocycles. The summed E-state index contributed by atoms with van der Waals surface area (Å²) in [7, 11) is 0. The van der Waals surface area contributed by atoms with Gasteiger partial charge in [-0.1, -0.05) is 0 Å². The van der Waals surface area contributed by atoms with Gasteiger partial charge in [-0.05, 0) is 45.2 Å². The molecule has 1 aromatic heterocycles. The number of nitrogens with zero attached hydrogens (tertiary/aromatic N) is 2. The van der Waals surface area contributed by atoms with Crippen LogP contribution in [-0.4, -0.2) is 16.3 Å². The Hall–Kier alpha value is -0.830. The Morgan fingerprint density at radius 1 is 1.54 bits per heavy atom. The zero-order chi connectivity index (χ0) is 9.42. The molecule has 2 atom stereocenters. The molecule has 72 valence electrons. The van der Waals surface area contributed by atoms with Crippen LogP contribution in [0, 0.1) is 19.8 Å². The van der Waals surface area contributed by atoms with Crippen molar-refractivity contribution in [2.45, 2.75) is 32.7 Å². The number of nitrogens with two attached hydrogens (primary N) is 1. The molecule has 1 saturated carbocycles. The maximum Gasteiger partial charge on any atom is 0.0596 e. The average Bonchev–Trinajstić information content (AvgIpc) is 2.30. The molecule has 1 fully saturated rings. The lowest BCUT2D eigenvalue weighted by Crippen LogP contribution is -2.35. The van der Waals surface area contributed by atoms with Crippen molar-refractivity contribution in [3.8, 4) is 0 Å². The van der Waals surface area contributed by atoms with Gasteiger partial charge in [0, 0.05) is 5.69 Å². The van der Waals surface area contributed by atoms with Crippen molar-refractivity contribution < 1.29 is 0 Å². The second kappa shape index (κ2) is 3.14. The summed E-state index contributed by atoms with van der Waals surface area (Å²) in [5.41, 5.74) is 8.05. The van der Waals surface area contributed by atoms with Gasteiger partial charge in [0.05, 0.1) is 11.7 Å². The van der Waals surface area contributed by atoms with Gasteiger partial charge in [0.1, 0.15) is 0 Å². The first kappa shape index (κ1) is 8.75. The van der Waals surface area contributed by atoms with E-state index in [0.29, 0.717) is 12.0 Å². The Morgan fingerprint density at radius 3 is 2.69 bits per heavy atom. The third-order valence-electron chi connectivity index (χ3n) is 3.04. The van der Waals surface area contributed by atoms with Crippen molar-refractivity contribution in [1.82, 2.24) is 9.78 Å². The Bertz CT molecular complexity index is 301. The Labute approximate surface area is 78.9 Å². The third-order valence-corrected chi connectivity index (χ3v) is 3.04. The standard InChI is InChI=1S/C10H17N3/c1-7-5-8(2)13(12-7)10-4-3-9(10)6-11/h5,9-10H,3-4,6,11H2,1-2H3. The van der Waals surface area contributed by atoms with Gasteiger partial charge in [0.15, 0.2) is 0 Å². The van der Waals surface area contributed by atoms with E-state index in [1.165, 1.54) is 18.5 Å². The highest BCUT2D eigenvalue weighted by molar-refractivity contribution is 5.09. The molecule has 2 N–H and O–H groups in total. The lowest BCUT2D eigenvalue weighted by Gasteiger charge is -2.36. The zero-order valence-electron chi connectivity index (χ0n) is 8.33. The Morgan fingerprint density at radius 2 is 2.31 bits per heavy atom. The van der Waals surface area contributed by atoms with Crippen LogP contribution in [0.1, 0.15) is 30.3 Å². The summed E-state index contributed by atoms with van der Waals surface area (Å²) in [6.45, 7) is 4.95. The number of hydrogen-bond acceptors (Lipinski definition) is 2. The highest BCUT2D eigenvalue weighted by Gasteiger charge is 2.32. The van der Waals surface area contributed by atoms with Crippen molar-refractivity contribution in [3.05, 3.63) is 17.5 Å². The molecular weight excluding hydrogens is 162 g/mol. The van der Waals surface area contributed by atoms with Gasteiger partial charge in [-0.15, -0.1) is 0 Å². The van der Waals surface area contributed by atoms with E-state index >= 15 is 0 Å². The third kappa shape index (κ3) is 1.37. The summed E-state index contributed by atoms with van der Waals surface area (Å²) < 4.78 is 2.15. The van der Waals surface area contributed by atoms with Crippen molar-refractivity contribution in [3.63, 3.8) is 0 Å². The lowest BCUT2D eigenvalue weighted by atomic mass is 9.79. The van der Waals surface area contributed by atoms with E-state index in [4.69, 9.17) is 5.73 Å². The van der Waals surface area contributed by atoms with Gasteiger partial charge in [0.2, 0.25) is 0 Å². The predicted octanol–water partition coefficient (Wildman–Crippen LogP) is 1.41. The van der Waals surface area contributed by atoms with E-state index in [9.17, 15) is 0 Å². The van der Waals surface area contributed by atoms with Crippen LogP contribution in [0.4, 0.5) is 0 Å². The maximum atomic E-state index is 5.68. The largest absolute Gasteiger partial charge is 0.330 e. The number of aryl methyl sites for hydroxylation is 2. The summed E-state index contributed by atoms with van der Waals surface area (Å²) in [5.74, 6) is 0.651. The normalized spacial score (nSPS) is 27.3. The van der Waals surface area contributed by atoms with E-state index in [1.54, 1.807) is 0 Å². The SMILES string of the molecule is Cc1cc(C)n(C2CCC2CN)n1. The van der Waals surface area contributed by atoms with E-state index in [-0.39, 0.29) is 0 Å². The van der Waals surface area contributed by atoms with Gasteiger partial charge in [-0.25, -0.2) is 0 Å². The molecule has 2 rings (SSSR count). The zero-order valence-corrected chi connectivity index (χ0v) is 8.33. The molecule has 13 heavy (non-hydrogen) atoms. The van der Waals surface area contributed by atoms with Crippen molar-refractivity contribution in [1.29, 1.82) is 0 Å². The van der Waals surface area contributed by atoms with Crippen molar-refractivity contribution in [2.75, 3.05) is 6.54 Å². The van der Waals surface area contributed by atoms with Crippen LogP contribution < -0.4 is 5.73 Å². The molecule has 0 amide bonds. The van der Waals surface area contributed by atoms with Crippen LogP contribution in [0.2, 0.25) is 0 Å². The molecule has 1 aromatic rings. The van der Waals surface area contributed by atoms with Crippen LogP contribution in [0.5, 0.6) is 0 Å². The molecular formula is C10H17N3. The molecule has 3 nitrogen and oxygen atoms in total. The van der Waals surface area contributed by atoms with Crippen LogP contribution >= 0.6 is 0 Å². The first-order valence-electron chi connectivity index (χ1n) is 4.95. The van der Waals surface area contributed by atoms with Gasteiger partial charge >= 0.3 is 0 Å². The molecule has 0 bridgehead atoms. The van der Waals surface area contributed by atoms with Crippen LogP contribution in [0.25, 0.3) is 0 Å². The number of rotatable bonds is 2. The average molecular weight is 179 g/mol. The molecule has 0 radical (unpaired) electrons. The maximum absolute atomic E-state index is 5.68. The van der Waals surface area contributed by atoms with E-state index < -0.39 is 0 Å². The van der Waals surface area contributed by atoms with Crippen LogP contribution in [0.3, 0.4) is 0 Å². The molecule has 1 heterocycles. The minimum absolute atomic E-state index is 0.568. The van der Waals surface area contributed by atoms with Gasteiger partial charge in [0.25, 0.3) is 0 Å². The molecule has 2 unspecified atom stereocenters. The fraction of sp³-hybridized carbons (Fsp3) is 0.700. The quantitative estimate of drug-likeness (QED) is 0.746.